The second-order valence-corrected chi connectivity index (χ2v) is 6.56. The summed E-state index contributed by atoms with van der Waals surface area (Å²) in [6, 6.07) is 0.590. The summed E-state index contributed by atoms with van der Waals surface area (Å²) in [5.41, 5.74) is 0. The van der Waals surface area contributed by atoms with E-state index in [1.165, 1.54) is 0 Å². The molecule has 1 heterocycles. The molecule has 0 spiro atoms. The lowest BCUT2D eigenvalue weighted by molar-refractivity contribution is 0.477. The molecule has 0 aliphatic rings. The third-order valence-electron chi connectivity index (χ3n) is 1.15. The summed E-state index contributed by atoms with van der Waals surface area (Å²) in [7, 11) is -4.80. The van der Waals surface area contributed by atoms with E-state index in [9.17, 15) is 19.9 Å². The van der Waals surface area contributed by atoms with Gasteiger partial charge in [-0.1, -0.05) is 0 Å². The van der Waals surface area contributed by atoms with Crippen LogP contribution < -0.4 is 0 Å². The molecule has 1 rings (SSSR count). The molecule has 0 fully saturated rings. The van der Waals surface area contributed by atoms with E-state index < -0.39 is 19.9 Å². The van der Waals surface area contributed by atoms with Crippen molar-refractivity contribution < 1.29 is 19.9 Å². The van der Waals surface area contributed by atoms with Gasteiger partial charge in [-0.25, -0.2) is 4.98 Å². The Labute approximate surface area is 74.5 Å². The van der Waals surface area contributed by atoms with Crippen molar-refractivity contribution in [2.75, 3.05) is 0 Å². The van der Waals surface area contributed by atoms with Crippen LogP contribution >= 0.6 is 19.7 Å². The van der Waals surface area contributed by atoms with Crippen molar-refractivity contribution in [2.45, 2.75) is 4.90 Å². The van der Waals surface area contributed by atoms with E-state index in [4.69, 9.17) is 0 Å². The first-order chi connectivity index (χ1) is 5.49. The van der Waals surface area contributed by atoms with E-state index in [2.05, 4.69) is 15.7 Å². The first-order valence-electron chi connectivity index (χ1n) is 2.85. The average molecular weight is 240 g/mol. The van der Waals surface area contributed by atoms with E-state index >= 15 is 0 Å². The van der Waals surface area contributed by atoms with Crippen LogP contribution in [0.4, 0.5) is 19.9 Å². The van der Waals surface area contributed by atoms with Gasteiger partial charge in [0.15, 0.2) is 0 Å². The van der Waals surface area contributed by atoms with E-state index in [-0.39, 0.29) is 12.3 Å². The van der Waals surface area contributed by atoms with E-state index in [0.29, 0.717) is 6.07 Å². The Balaban J connectivity index is 3.34. The van der Waals surface area contributed by atoms with Crippen LogP contribution in [-0.2, 0) is 0 Å². The number of halogens is 6. The normalized spacial score (nSPS) is 17.7. The van der Waals surface area contributed by atoms with Gasteiger partial charge in [-0.05, 0) is 12.1 Å². The predicted molar refractivity (Wildman–Crippen MR) is 40.3 cm³/mol. The molecule has 0 aliphatic carbocycles. The van der Waals surface area contributed by atoms with Crippen LogP contribution in [0.25, 0.3) is 0 Å². The highest BCUT2D eigenvalue weighted by Crippen LogP contribution is 3.04. The number of hydrogen-bond acceptors (Lipinski definition) is 1. The molecule has 0 amide bonds. The van der Waals surface area contributed by atoms with Crippen LogP contribution in [0.3, 0.4) is 0 Å². The topological polar surface area (TPSA) is 12.9 Å². The van der Waals surface area contributed by atoms with Gasteiger partial charge in [0, 0.05) is 10.7 Å². The Hall–Kier alpha value is -0.560. The number of hydrogen-bond donors (Lipinski definition) is 0. The molecule has 76 valence electrons. The van der Waals surface area contributed by atoms with Crippen LogP contribution in [0, 0.1) is 5.95 Å². The zero-order valence-electron chi connectivity index (χ0n) is 5.86. The number of nitrogens with zero attached hydrogens (tertiary/aromatic N) is 1. The maximum atomic E-state index is 12.3. The predicted octanol–water partition coefficient (Wildman–Crippen LogP) is 4.15. The minimum absolute atomic E-state index is 0.0177. The number of pyridine rings is 1. The minimum Gasteiger partial charge on any atom is -0.227 e. The second-order valence-electron chi connectivity index (χ2n) is 2.29. The molecule has 0 atom stereocenters. The summed E-state index contributed by atoms with van der Waals surface area (Å²) in [6.45, 7) is 0. The Morgan fingerprint density at radius 1 is 1.15 bits per heavy atom. The van der Waals surface area contributed by atoms with Gasteiger partial charge >= 0.3 is 0 Å². The van der Waals surface area contributed by atoms with Crippen LogP contribution in [0.5, 0.6) is 0 Å². The fourth-order valence-electron chi connectivity index (χ4n) is 0.590. The van der Waals surface area contributed by atoms with Gasteiger partial charge < -0.3 is 0 Å². The molecule has 0 N–H and O–H groups in total. The average Bonchev–Trinajstić information content (AvgIpc) is 1.82. The summed E-state index contributed by atoms with van der Waals surface area (Å²) in [5, 5.41) is 0. The third kappa shape index (κ3) is 2.70. The van der Waals surface area contributed by atoms with Crippen LogP contribution in [0.2, 0.25) is 0 Å². The van der Waals surface area contributed by atoms with Crippen LogP contribution in [-0.4, -0.2) is 4.98 Å². The summed E-state index contributed by atoms with van der Waals surface area (Å²) >= 11 is 0. The lowest BCUT2D eigenvalue weighted by Crippen LogP contribution is -2.05. The van der Waals surface area contributed by atoms with Gasteiger partial charge in [-0.3, -0.25) is 0 Å². The third-order valence-corrected chi connectivity index (χ3v) is 2.81. The molecule has 0 aliphatic heterocycles. The Kier molecular flexibility index (Phi) is 1.69. The molecular weight excluding hydrogens is 237 g/mol. The highest BCUT2D eigenvalue weighted by atomic mass is 35.7. The van der Waals surface area contributed by atoms with Gasteiger partial charge in [-0.2, -0.15) is 4.39 Å². The fourth-order valence-corrected chi connectivity index (χ4v) is 1.44. The highest BCUT2D eigenvalue weighted by molar-refractivity contribution is 8.65. The molecule has 0 saturated heterocycles. The second kappa shape index (κ2) is 2.09. The van der Waals surface area contributed by atoms with Gasteiger partial charge in [0.05, 0.1) is 6.20 Å². The van der Waals surface area contributed by atoms with E-state index in [0.717, 1.165) is 0 Å². The Morgan fingerprint density at radius 2 is 1.69 bits per heavy atom. The lowest BCUT2D eigenvalue weighted by Gasteiger charge is -2.42. The van der Waals surface area contributed by atoms with E-state index in [1.54, 1.807) is 0 Å². The summed E-state index contributed by atoms with van der Waals surface area (Å²) in [4.78, 5) is 0.893. The quantitative estimate of drug-likeness (QED) is 0.530. The van der Waals surface area contributed by atoms with Gasteiger partial charge in [0.25, 0.3) is 9.05 Å². The molecule has 13 heavy (non-hydrogen) atoms. The van der Waals surface area contributed by atoms with E-state index in [1.807, 2.05) is 0 Å². The maximum Gasteiger partial charge on any atom is 0.255 e. The van der Waals surface area contributed by atoms with Crippen molar-refractivity contribution in [3.8, 4) is 0 Å². The first kappa shape index (κ1) is 10.5. The zero-order chi connectivity index (χ0) is 10.4. The van der Waals surface area contributed by atoms with Crippen LogP contribution in [0.15, 0.2) is 23.2 Å². The zero-order valence-corrected chi connectivity index (χ0v) is 7.43. The molecule has 1 aromatic heterocycles. The highest BCUT2D eigenvalue weighted by Gasteiger charge is 2.63. The largest absolute Gasteiger partial charge is 0.255 e. The molecule has 0 unspecified atom stereocenters. The molecular formula is C5H3ClF5NS. The first-order valence-corrected chi connectivity index (χ1v) is 5.72. The van der Waals surface area contributed by atoms with Crippen LogP contribution in [0.1, 0.15) is 0 Å². The number of aromatic nitrogens is 1. The Bertz CT molecular complexity index is 329. The van der Waals surface area contributed by atoms with Crippen molar-refractivity contribution >= 4 is 19.7 Å². The van der Waals surface area contributed by atoms with Crippen molar-refractivity contribution in [1.82, 2.24) is 4.98 Å². The van der Waals surface area contributed by atoms with Crippen molar-refractivity contribution in [2.24, 2.45) is 0 Å². The van der Waals surface area contributed by atoms with Gasteiger partial charge in [0.1, 0.15) is 4.90 Å². The summed E-state index contributed by atoms with van der Waals surface area (Å²) in [5.74, 6) is -1.14. The summed E-state index contributed by atoms with van der Waals surface area (Å²) < 4.78 is 61.5. The summed E-state index contributed by atoms with van der Waals surface area (Å²) in [6.07, 6.45) is 0.0177. The molecule has 8 heteroatoms. The SMILES string of the molecule is Fc1ccc(S(F)(F)(F)(F)Cl)cn1. The molecule has 0 radical (unpaired) electrons. The van der Waals surface area contributed by atoms with Crippen molar-refractivity contribution in [3.05, 3.63) is 24.3 Å². The monoisotopic (exact) mass is 239 g/mol. The molecule has 0 saturated carbocycles. The molecule has 1 nitrogen and oxygen atoms in total. The van der Waals surface area contributed by atoms with Crippen molar-refractivity contribution in [3.63, 3.8) is 0 Å². The minimum atomic E-state index is -8.71. The Morgan fingerprint density at radius 3 is 2.00 bits per heavy atom. The fraction of sp³-hybridized carbons (Fsp3) is 0. The molecule has 1 aromatic rings. The molecule has 0 bridgehead atoms. The maximum absolute atomic E-state index is 12.3. The number of rotatable bonds is 1. The smallest absolute Gasteiger partial charge is 0.227 e. The van der Waals surface area contributed by atoms with Gasteiger partial charge in [0.2, 0.25) is 5.95 Å². The lowest BCUT2D eigenvalue weighted by atomic mass is 10.5. The standard InChI is InChI=1S/C5H3ClF5NS/c6-13(8,9,10,11)4-1-2-5(7)12-3-4/h1-3H. The van der Waals surface area contributed by atoms with Crippen molar-refractivity contribution in [1.29, 1.82) is 0 Å². The molecule has 0 aromatic carbocycles. The van der Waals surface area contributed by atoms with Gasteiger partial charge in [-0.15, -0.1) is 15.5 Å².